The lowest BCUT2D eigenvalue weighted by molar-refractivity contribution is -0.161. The van der Waals surface area contributed by atoms with E-state index in [2.05, 4.69) is 5.32 Å². The lowest BCUT2D eigenvalue weighted by atomic mass is 9.94. The average Bonchev–Trinajstić information content (AvgIpc) is 2.51. The Hall–Kier alpha value is -1.43. The van der Waals surface area contributed by atoms with E-state index in [1.54, 1.807) is 0 Å². The summed E-state index contributed by atoms with van der Waals surface area (Å²) in [4.78, 5) is 11.4. The van der Waals surface area contributed by atoms with E-state index in [0.717, 1.165) is 32.6 Å². The number of rotatable bonds is 4. The molecule has 2 saturated heterocycles. The van der Waals surface area contributed by atoms with Crippen molar-refractivity contribution >= 4 is 5.97 Å². The minimum atomic E-state index is -0.302. The van der Waals surface area contributed by atoms with Crippen molar-refractivity contribution < 1.29 is 19.0 Å². The third-order valence-electron chi connectivity index (χ3n) is 4.08. The number of piperidine rings is 1. The first kappa shape index (κ1) is 14.5. The standard InChI is InChI=1S/C16H21NO4/c1-19-16(18)12-4-2-11(3-5-12)15-8-13(6-7-17-15)21-14-9-20-10-14/h2-5,13-15,17H,6-10H2,1H3. The zero-order valence-corrected chi connectivity index (χ0v) is 12.2. The number of carbonyl (C=O) groups is 1. The molecule has 1 aromatic rings. The van der Waals surface area contributed by atoms with Gasteiger partial charge in [-0.05, 0) is 37.1 Å². The fourth-order valence-corrected chi connectivity index (χ4v) is 2.79. The van der Waals surface area contributed by atoms with Gasteiger partial charge in [-0.15, -0.1) is 0 Å². The molecule has 5 heteroatoms. The maximum atomic E-state index is 11.4. The Kier molecular flexibility index (Phi) is 4.53. The number of hydrogen-bond donors (Lipinski definition) is 1. The Morgan fingerprint density at radius 2 is 2.00 bits per heavy atom. The van der Waals surface area contributed by atoms with Gasteiger partial charge in [-0.25, -0.2) is 4.79 Å². The highest BCUT2D eigenvalue weighted by molar-refractivity contribution is 5.89. The number of ether oxygens (including phenoxy) is 3. The average molecular weight is 291 g/mol. The number of benzene rings is 1. The van der Waals surface area contributed by atoms with Crippen LogP contribution in [0.3, 0.4) is 0 Å². The second-order valence-corrected chi connectivity index (χ2v) is 5.56. The highest BCUT2D eigenvalue weighted by atomic mass is 16.6. The molecule has 0 amide bonds. The summed E-state index contributed by atoms with van der Waals surface area (Å²) < 4.78 is 15.9. The predicted octanol–water partition coefficient (Wildman–Crippen LogP) is 1.68. The molecule has 2 aliphatic rings. The van der Waals surface area contributed by atoms with Crippen LogP contribution in [-0.2, 0) is 14.2 Å². The molecule has 0 radical (unpaired) electrons. The third-order valence-corrected chi connectivity index (χ3v) is 4.08. The first-order valence-corrected chi connectivity index (χ1v) is 7.41. The van der Waals surface area contributed by atoms with E-state index < -0.39 is 0 Å². The van der Waals surface area contributed by atoms with Gasteiger partial charge < -0.3 is 19.5 Å². The molecule has 2 fully saturated rings. The summed E-state index contributed by atoms with van der Waals surface area (Å²) in [5.74, 6) is -0.302. The second kappa shape index (κ2) is 6.56. The monoisotopic (exact) mass is 291 g/mol. The lowest BCUT2D eigenvalue weighted by Crippen LogP contribution is -2.43. The minimum Gasteiger partial charge on any atom is -0.465 e. The van der Waals surface area contributed by atoms with Crippen molar-refractivity contribution in [2.45, 2.75) is 31.1 Å². The van der Waals surface area contributed by atoms with Crippen LogP contribution in [0.25, 0.3) is 0 Å². The molecule has 0 bridgehead atoms. The van der Waals surface area contributed by atoms with Gasteiger partial charge in [0.05, 0.1) is 32.0 Å². The second-order valence-electron chi connectivity index (χ2n) is 5.56. The molecule has 114 valence electrons. The zero-order chi connectivity index (χ0) is 14.7. The van der Waals surface area contributed by atoms with Gasteiger partial charge >= 0.3 is 5.97 Å². The van der Waals surface area contributed by atoms with E-state index in [1.807, 2.05) is 24.3 Å². The predicted molar refractivity (Wildman–Crippen MR) is 77.2 cm³/mol. The number of esters is 1. The van der Waals surface area contributed by atoms with Crippen LogP contribution in [0, 0.1) is 0 Å². The molecule has 2 heterocycles. The number of carbonyl (C=O) groups excluding carboxylic acids is 1. The Balaban J connectivity index is 1.61. The Morgan fingerprint density at radius 1 is 1.24 bits per heavy atom. The summed E-state index contributed by atoms with van der Waals surface area (Å²) in [6.07, 6.45) is 2.54. The minimum absolute atomic E-state index is 0.274. The van der Waals surface area contributed by atoms with Gasteiger partial charge in [-0.2, -0.15) is 0 Å². The quantitative estimate of drug-likeness (QED) is 0.855. The summed E-state index contributed by atoms with van der Waals surface area (Å²) in [6, 6.07) is 7.87. The molecular weight excluding hydrogens is 270 g/mol. The van der Waals surface area contributed by atoms with Crippen molar-refractivity contribution in [1.29, 1.82) is 0 Å². The van der Waals surface area contributed by atoms with Crippen LogP contribution in [0.15, 0.2) is 24.3 Å². The summed E-state index contributed by atoms with van der Waals surface area (Å²) >= 11 is 0. The van der Waals surface area contributed by atoms with Gasteiger partial charge in [0.1, 0.15) is 6.10 Å². The fourth-order valence-electron chi connectivity index (χ4n) is 2.79. The molecule has 1 aromatic carbocycles. The van der Waals surface area contributed by atoms with Crippen LogP contribution in [0.2, 0.25) is 0 Å². The van der Waals surface area contributed by atoms with Gasteiger partial charge in [0.25, 0.3) is 0 Å². The smallest absolute Gasteiger partial charge is 0.337 e. The Morgan fingerprint density at radius 3 is 2.62 bits per heavy atom. The third kappa shape index (κ3) is 3.43. The van der Waals surface area contributed by atoms with Gasteiger partial charge in [-0.1, -0.05) is 12.1 Å². The topological polar surface area (TPSA) is 56.8 Å². The molecule has 21 heavy (non-hydrogen) atoms. The van der Waals surface area contributed by atoms with E-state index >= 15 is 0 Å². The summed E-state index contributed by atoms with van der Waals surface area (Å²) in [7, 11) is 1.39. The van der Waals surface area contributed by atoms with Crippen LogP contribution in [0.4, 0.5) is 0 Å². The highest BCUT2D eigenvalue weighted by Crippen LogP contribution is 2.27. The SMILES string of the molecule is COC(=O)c1ccc(C2CC(OC3COC3)CCN2)cc1. The van der Waals surface area contributed by atoms with Crippen LogP contribution >= 0.6 is 0 Å². The van der Waals surface area contributed by atoms with Gasteiger partial charge in [-0.3, -0.25) is 0 Å². The van der Waals surface area contributed by atoms with Crippen molar-refractivity contribution in [3.63, 3.8) is 0 Å². The van der Waals surface area contributed by atoms with E-state index in [4.69, 9.17) is 14.2 Å². The number of hydrogen-bond acceptors (Lipinski definition) is 5. The fraction of sp³-hybridized carbons (Fsp3) is 0.562. The van der Waals surface area contributed by atoms with E-state index in [0.29, 0.717) is 5.56 Å². The van der Waals surface area contributed by atoms with Crippen LogP contribution in [0.5, 0.6) is 0 Å². The molecule has 2 aliphatic heterocycles. The van der Waals surface area contributed by atoms with Gasteiger partial charge in [0.15, 0.2) is 0 Å². The van der Waals surface area contributed by atoms with Crippen LogP contribution < -0.4 is 5.32 Å². The first-order chi connectivity index (χ1) is 10.3. The summed E-state index contributed by atoms with van der Waals surface area (Å²) in [6.45, 7) is 2.40. The maximum Gasteiger partial charge on any atom is 0.337 e. The van der Waals surface area contributed by atoms with Crippen molar-refractivity contribution in [3.8, 4) is 0 Å². The summed E-state index contributed by atoms with van der Waals surface area (Å²) in [5, 5.41) is 3.51. The zero-order valence-electron chi connectivity index (χ0n) is 12.2. The van der Waals surface area contributed by atoms with E-state index in [-0.39, 0.29) is 24.2 Å². The molecule has 0 spiro atoms. The highest BCUT2D eigenvalue weighted by Gasteiger charge is 2.28. The first-order valence-electron chi connectivity index (χ1n) is 7.41. The van der Waals surface area contributed by atoms with E-state index in [9.17, 15) is 4.79 Å². The van der Waals surface area contributed by atoms with Crippen molar-refractivity contribution in [2.75, 3.05) is 26.9 Å². The molecule has 0 aromatic heterocycles. The molecule has 0 saturated carbocycles. The molecule has 1 N–H and O–H groups in total. The van der Waals surface area contributed by atoms with Gasteiger partial charge in [0, 0.05) is 6.04 Å². The van der Waals surface area contributed by atoms with Crippen molar-refractivity contribution in [3.05, 3.63) is 35.4 Å². The van der Waals surface area contributed by atoms with E-state index in [1.165, 1.54) is 12.7 Å². The van der Waals surface area contributed by atoms with Crippen LogP contribution in [0.1, 0.15) is 34.8 Å². The molecular formula is C16H21NO4. The molecule has 5 nitrogen and oxygen atoms in total. The van der Waals surface area contributed by atoms with Crippen LogP contribution in [-0.4, -0.2) is 45.0 Å². The van der Waals surface area contributed by atoms with Gasteiger partial charge in [0.2, 0.25) is 0 Å². The maximum absolute atomic E-state index is 11.4. The molecule has 2 unspecified atom stereocenters. The molecule has 3 rings (SSSR count). The number of nitrogens with one attached hydrogen (secondary N) is 1. The normalized spacial score (nSPS) is 26.1. The van der Waals surface area contributed by atoms with Crippen molar-refractivity contribution in [1.82, 2.24) is 5.32 Å². The largest absolute Gasteiger partial charge is 0.465 e. The Labute approximate surface area is 124 Å². The summed E-state index contributed by atoms with van der Waals surface area (Å²) in [5.41, 5.74) is 1.76. The Bertz CT molecular complexity index is 484. The molecule has 2 atom stereocenters. The lowest BCUT2D eigenvalue weighted by Gasteiger charge is -2.35. The molecule has 0 aliphatic carbocycles. The number of methoxy groups -OCH3 is 1. The van der Waals surface area contributed by atoms with Crippen molar-refractivity contribution in [2.24, 2.45) is 0 Å².